The van der Waals surface area contributed by atoms with Crippen molar-refractivity contribution in [2.75, 3.05) is 44.3 Å². The van der Waals surface area contributed by atoms with Gasteiger partial charge in [-0.25, -0.2) is 0 Å². The van der Waals surface area contributed by atoms with Crippen LogP contribution >= 0.6 is 0 Å². The fourth-order valence-electron chi connectivity index (χ4n) is 4.19. The number of ether oxygens (including phenoxy) is 1. The third-order valence-electron chi connectivity index (χ3n) is 5.97. The summed E-state index contributed by atoms with van der Waals surface area (Å²) in [6.45, 7) is 11.0. The molecular weight excluding hydrogens is 300 g/mol. The van der Waals surface area contributed by atoms with Gasteiger partial charge in [0, 0.05) is 37.4 Å². The molecule has 2 heterocycles. The minimum absolute atomic E-state index is 0.367. The molecule has 4 heteroatoms. The zero-order valence-corrected chi connectivity index (χ0v) is 15.2. The van der Waals surface area contributed by atoms with Crippen molar-refractivity contribution >= 4 is 5.69 Å². The molecule has 2 aliphatic heterocycles. The van der Waals surface area contributed by atoms with Crippen LogP contribution in [0.1, 0.15) is 33.1 Å². The van der Waals surface area contributed by atoms with E-state index in [9.17, 15) is 5.11 Å². The Hall–Kier alpha value is -1.26. The van der Waals surface area contributed by atoms with Gasteiger partial charge in [-0.3, -0.25) is 4.90 Å². The third-order valence-corrected chi connectivity index (χ3v) is 5.97. The molecule has 0 spiro atoms. The highest BCUT2D eigenvalue weighted by molar-refractivity contribution is 5.51. The molecule has 0 radical (unpaired) electrons. The molecule has 0 aromatic heterocycles. The maximum absolute atomic E-state index is 9.85. The average molecular weight is 332 g/mol. The molecule has 2 fully saturated rings. The van der Waals surface area contributed by atoms with Crippen molar-refractivity contribution in [3.63, 3.8) is 0 Å². The van der Waals surface area contributed by atoms with Crippen molar-refractivity contribution < 1.29 is 9.84 Å². The fraction of sp³-hybridized carbons (Fsp3) is 0.700. The molecule has 1 aromatic rings. The predicted octanol–water partition coefficient (Wildman–Crippen LogP) is 3.36. The van der Waals surface area contributed by atoms with Gasteiger partial charge in [-0.05, 0) is 49.8 Å². The molecule has 134 valence electrons. The van der Waals surface area contributed by atoms with Crippen LogP contribution < -0.4 is 4.90 Å². The first-order chi connectivity index (χ1) is 11.6. The number of aromatic hydroxyl groups is 1. The van der Waals surface area contributed by atoms with Crippen molar-refractivity contribution in [2.24, 2.45) is 11.8 Å². The van der Waals surface area contributed by atoms with Gasteiger partial charge in [0.2, 0.25) is 0 Å². The van der Waals surface area contributed by atoms with Gasteiger partial charge < -0.3 is 14.7 Å². The Balaban J connectivity index is 1.63. The van der Waals surface area contributed by atoms with Crippen LogP contribution in [0.25, 0.3) is 0 Å². The molecule has 3 atom stereocenters. The number of phenolic OH excluding ortho intramolecular Hbond substituents is 1. The normalized spacial score (nSPS) is 28.9. The van der Waals surface area contributed by atoms with Gasteiger partial charge >= 0.3 is 0 Å². The number of piperidine rings is 1. The maximum Gasteiger partial charge on any atom is 0.117 e. The van der Waals surface area contributed by atoms with Gasteiger partial charge in [-0.2, -0.15) is 0 Å². The topological polar surface area (TPSA) is 35.9 Å². The number of benzene rings is 1. The Morgan fingerprint density at radius 1 is 1.17 bits per heavy atom. The molecule has 0 amide bonds. The number of rotatable bonds is 5. The highest BCUT2D eigenvalue weighted by atomic mass is 16.5. The van der Waals surface area contributed by atoms with Crippen LogP contribution in [0.15, 0.2) is 24.3 Å². The quantitative estimate of drug-likeness (QED) is 0.897. The number of morpholine rings is 1. The molecule has 0 bridgehead atoms. The zero-order valence-electron chi connectivity index (χ0n) is 15.2. The summed E-state index contributed by atoms with van der Waals surface area (Å²) in [5.74, 6) is 1.82. The number of hydrogen-bond acceptors (Lipinski definition) is 4. The second-order valence-electron chi connectivity index (χ2n) is 7.50. The Morgan fingerprint density at radius 2 is 1.96 bits per heavy atom. The lowest BCUT2D eigenvalue weighted by Crippen LogP contribution is -2.48. The third kappa shape index (κ3) is 4.22. The lowest BCUT2D eigenvalue weighted by atomic mass is 9.80. The molecule has 0 aliphatic carbocycles. The zero-order chi connectivity index (χ0) is 16.9. The Kier molecular flexibility index (Phi) is 6.01. The Bertz CT molecular complexity index is 516. The van der Waals surface area contributed by atoms with Crippen LogP contribution in [0.2, 0.25) is 0 Å². The maximum atomic E-state index is 9.85. The number of hydrogen-bond donors (Lipinski definition) is 1. The monoisotopic (exact) mass is 332 g/mol. The van der Waals surface area contributed by atoms with E-state index in [4.69, 9.17) is 4.74 Å². The molecule has 1 N–H and O–H groups in total. The van der Waals surface area contributed by atoms with E-state index in [0.29, 0.717) is 17.7 Å². The van der Waals surface area contributed by atoms with Gasteiger partial charge in [0.15, 0.2) is 0 Å². The highest BCUT2D eigenvalue weighted by Crippen LogP contribution is 2.35. The predicted molar refractivity (Wildman–Crippen MR) is 98.7 cm³/mol. The van der Waals surface area contributed by atoms with Gasteiger partial charge in [-0.1, -0.05) is 19.9 Å². The molecule has 2 aliphatic rings. The summed E-state index contributed by atoms with van der Waals surface area (Å²) in [5.41, 5.74) is 1.17. The lowest BCUT2D eigenvalue weighted by Gasteiger charge is -2.45. The Morgan fingerprint density at radius 3 is 2.71 bits per heavy atom. The first-order valence-electron chi connectivity index (χ1n) is 9.51. The largest absolute Gasteiger partial charge is 0.508 e. The first-order valence-corrected chi connectivity index (χ1v) is 9.51. The van der Waals surface area contributed by atoms with Crippen molar-refractivity contribution in [3.05, 3.63) is 24.3 Å². The number of anilines is 1. The summed E-state index contributed by atoms with van der Waals surface area (Å²) >= 11 is 0. The molecule has 0 saturated carbocycles. The van der Waals surface area contributed by atoms with E-state index in [1.165, 1.54) is 31.5 Å². The van der Waals surface area contributed by atoms with Crippen molar-refractivity contribution in [1.29, 1.82) is 0 Å². The minimum atomic E-state index is 0.367. The molecule has 3 unspecified atom stereocenters. The summed E-state index contributed by atoms with van der Waals surface area (Å²) in [4.78, 5) is 5.06. The Labute approximate surface area is 146 Å². The highest BCUT2D eigenvalue weighted by Gasteiger charge is 2.33. The van der Waals surface area contributed by atoms with E-state index in [1.807, 2.05) is 12.1 Å². The summed E-state index contributed by atoms with van der Waals surface area (Å²) in [6, 6.07) is 8.33. The van der Waals surface area contributed by atoms with Crippen LogP contribution in [-0.2, 0) is 4.74 Å². The van der Waals surface area contributed by atoms with Gasteiger partial charge in [0.25, 0.3) is 0 Å². The minimum Gasteiger partial charge on any atom is -0.508 e. The van der Waals surface area contributed by atoms with Gasteiger partial charge in [0.1, 0.15) is 5.75 Å². The number of phenols is 1. The van der Waals surface area contributed by atoms with E-state index >= 15 is 0 Å². The average Bonchev–Trinajstić information content (AvgIpc) is 2.60. The summed E-state index contributed by atoms with van der Waals surface area (Å²) in [7, 11) is 0. The van der Waals surface area contributed by atoms with Crippen LogP contribution in [0.3, 0.4) is 0 Å². The molecular formula is C20H32N2O2. The number of nitrogens with zero attached hydrogens (tertiary/aromatic N) is 2. The van der Waals surface area contributed by atoms with E-state index in [2.05, 4.69) is 29.7 Å². The second-order valence-corrected chi connectivity index (χ2v) is 7.50. The van der Waals surface area contributed by atoms with Crippen molar-refractivity contribution in [1.82, 2.24) is 4.90 Å². The van der Waals surface area contributed by atoms with Crippen LogP contribution in [0.4, 0.5) is 5.69 Å². The van der Waals surface area contributed by atoms with E-state index in [0.717, 1.165) is 38.8 Å². The fourth-order valence-corrected chi connectivity index (χ4v) is 4.19. The second kappa shape index (κ2) is 8.21. The molecule has 3 rings (SSSR count). The van der Waals surface area contributed by atoms with E-state index in [-0.39, 0.29) is 0 Å². The summed E-state index contributed by atoms with van der Waals surface area (Å²) in [6.07, 6.45) is 3.69. The summed E-state index contributed by atoms with van der Waals surface area (Å²) < 4.78 is 5.44. The van der Waals surface area contributed by atoms with Crippen molar-refractivity contribution in [3.8, 4) is 5.75 Å². The van der Waals surface area contributed by atoms with Crippen molar-refractivity contribution in [2.45, 2.75) is 39.2 Å². The standard InChI is InChI=1S/C20H32N2O2/c1-16-8-10-22(18-5-3-6-19(23)15-18)20(17(16)2)7-4-9-21-11-13-24-14-12-21/h3,5-6,15-17,20,23H,4,7-14H2,1-2H3. The first kappa shape index (κ1) is 17.6. The molecule has 2 saturated heterocycles. The van der Waals surface area contributed by atoms with E-state index < -0.39 is 0 Å². The smallest absolute Gasteiger partial charge is 0.117 e. The van der Waals surface area contributed by atoms with Crippen LogP contribution in [0.5, 0.6) is 5.75 Å². The summed E-state index contributed by atoms with van der Waals surface area (Å²) in [5, 5.41) is 9.85. The van der Waals surface area contributed by atoms with Gasteiger partial charge in [-0.15, -0.1) is 0 Å². The lowest BCUT2D eigenvalue weighted by molar-refractivity contribution is 0.0365. The molecule has 24 heavy (non-hydrogen) atoms. The molecule has 4 nitrogen and oxygen atoms in total. The van der Waals surface area contributed by atoms with E-state index in [1.54, 1.807) is 6.07 Å². The van der Waals surface area contributed by atoms with Crippen LogP contribution in [-0.4, -0.2) is 55.4 Å². The van der Waals surface area contributed by atoms with Crippen LogP contribution in [0, 0.1) is 11.8 Å². The molecule has 1 aromatic carbocycles. The van der Waals surface area contributed by atoms with Gasteiger partial charge in [0.05, 0.1) is 13.2 Å². The SMILES string of the molecule is CC1CCN(c2cccc(O)c2)C(CCCN2CCOCC2)C1C.